The van der Waals surface area contributed by atoms with Gasteiger partial charge in [-0.15, -0.1) is 0 Å². The number of hydrogen-bond donors (Lipinski definition) is 3. The highest BCUT2D eigenvalue weighted by atomic mass is 16.5. The number of aromatic hydroxyl groups is 2. The summed E-state index contributed by atoms with van der Waals surface area (Å²) >= 11 is 0. The van der Waals surface area contributed by atoms with Gasteiger partial charge in [-0.1, -0.05) is 5.16 Å². The maximum absolute atomic E-state index is 10.8. The average Bonchev–Trinajstić information content (AvgIpc) is 2.71. The number of aromatic carboxylic acids is 1. The van der Waals surface area contributed by atoms with Gasteiger partial charge in [0.25, 0.3) is 0 Å². The molecule has 82 valence electrons. The lowest BCUT2D eigenvalue weighted by Crippen LogP contribution is -1.95. The van der Waals surface area contributed by atoms with Crippen LogP contribution < -0.4 is 0 Å². The van der Waals surface area contributed by atoms with Crippen LogP contribution in [0.3, 0.4) is 0 Å². The number of carboxylic acids is 1. The van der Waals surface area contributed by atoms with Crippen molar-refractivity contribution in [2.75, 3.05) is 0 Å². The highest BCUT2D eigenvalue weighted by Crippen LogP contribution is 2.31. The van der Waals surface area contributed by atoms with Crippen LogP contribution in [0.25, 0.3) is 11.3 Å². The van der Waals surface area contributed by atoms with Crippen LogP contribution in [-0.4, -0.2) is 26.4 Å². The molecule has 0 saturated heterocycles. The first kappa shape index (κ1) is 10.0. The van der Waals surface area contributed by atoms with Gasteiger partial charge in [0.05, 0.1) is 6.20 Å². The molecule has 0 aliphatic rings. The molecular formula is C10H7NO5. The minimum Gasteiger partial charge on any atom is -0.504 e. The number of rotatable bonds is 2. The van der Waals surface area contributed by atoms with Gasteiger partial charge in [0.2, 0.25) is 0 Å². The fourth-order valence-electron chi connectivity index (χ4n) is 1.26. The number of aromatic nitrogens is 1. The van der Waals surface area contributed by atoms with Crippen molar-refractivity contribution < 1.29 is 24.6 Å². The highest BCUT2D eigenvalue weighted by molar-refractivity contribution is 5.94. The number of nitrogens with zero attached hydrogens (tertiary/aromatic N) is 1. The van der Waals surface area contributed by atoms with Crippen LogP contribution >= 0.6 is 0 Å². The fraction of sp³-hybridized carbons (Fsp3) is 0. The Morgan fingerprint density at radius 1 is 1.25 bits per heavy atom. The Morgan fingerprint density at radius 2 is 2.00 bits per heavy atom. The topological polar surface area (TPSA) is 104 Å². The van der Waals surface area contributed by atoms with E-state index in [4.69, 9.17) is 14.7 Å². The molecule has 2 rings (SSSR count). The standard InChI is InChI=1S/C10H7NO5/c12-7-2-1-5(3-8(7)13)9-6(10(14)15)4-11-16-9/h1-4,12-13H,(H,14,15). The third-order valence-electron chi connectivity index (χ3n) is 2.04. The van der Waals surface area contributed by atoms with E-state index in [-0.39, 0.29) is 22.8 Å². The number of phenols is 2. The first-order chi connectivity index (χ1) is 7.59. The minimum atomic E-state index is -1.18. The van der Waals surface area contributed by atoms with Gasteiger partial charge in [-0.25, -0.2) is 4.79 Å². The van der Waals surface area contributed by atoms with E-state index < -0.39 is 5.97 Å². The van der Waals surface area contributed by atoms with Gasteiger partial charge >= 0.3 is 5.97 Å². The summed E-state index contributed by atoms with van der Waals surface area (Å²) in [7, 11) is 0. The molecule has 2 aromatic rings. The van der Waals surface area contributed by atoms with Gasteiger partial charge in [-0.3, -0.25) is 0 Å². The molecule has 16 heavy (non-hydrogen) atoms. The van der Waals surface area contributed by atoms with Crippen molar-refractivity contribution in [3.05, 3.63) is 30.0 Å². The summed E-state index contributed by atoms with van der Waals surface area (Å²) in [6.07, 6.45) is 1.07. The zero-order chi connectivity index (χ0) is 11.7. The van der Waals surface area contributed by atoms with E-state index in [1.165, 1.54) is 18.2 Å². The summed E-state index contributed by atoms with van der Waals surface area (Å²) in [5.41, 5.74) is 0.218. The van der Waals surface area contributed by atoms with Crippen LogP contribution in [0.15, 0.2) is 28.9 Å². The van der Waals surface area contributed by atoms with E-state index in [2.05, 4.69) is 5.16 Å². The summed E-state index contributed by atoms with van der Waals surface area (Å²) in [5.74, 6) is -1.79. The van der Waals surface area contributed by atoms with Crippen molar-refractivity contribution in [1.82, 2.24) is 5.16 Å². The second-order valence-corrected chi connectivity index (χ2v) is 3.08. The molecule has 0 atom stereocenters. The largest absolute Gasteiger partial charge is 0.504 e. The summed E-state index contributed by atoms with van der Waals surface area (Å²) in [6.45, 7) is 0. The highest BCUT2D eigenvalue weighted by Gasteiger charge is 2.17. The van der Waals surface area contributed by atoms with Crippen molar-refractivity contribution >= 4 is 5.97 Å². The molecule has 0 aliphatic heterocycles. The molecule has 0 radical (unpaired) electrons. The van der Waals surface area contributed by atoms with Crippen LogP contribution in [0.5, 0.6) is 11.5 Å². The van der Waals surface area contributed by atoms with Crippen LogP contribution in [0.2, 0.25) is 0 Å². The predicted molar refractivity (Wildman–Crippen MR) is 52.2 cm³/mol. The monoisotopic (exact) mass is 221 g/mol. The van der Waals surface area contributed by atoms with Crippen LogP contribution in [0.1, 0.15) is 10.4 Å². The Labute approximate surface area is 89.4 Å². The molecule has 0 unspecified atom stereocenters. The Bertz CT molecular complexity index is 546. The first-order valence-electron chi connectivity index (χ1n) is 4.30. The molecule has 6 nitrogen and oxygen atoms in total. The van der Waals surface area contributed by atoms with Gasteiger partial charge in [0, 0.05) is 5.56 Å². The smallest absolute Gasteiger partial charge is 0.341 e. The van der Waals surface area contributed by atoms with Gasteiger partial charge in [0.15, 0.2) is 17.3 Å². The van der Waals surface area contributed by atoms with E-state index in [1.54, 1.807) is 0 Å². The van der Waals surface area contributed by atoms with Crippen molar-refractivity contribution in [3.63, 3.8) is 0 Å². The lowest BCUT2D eigenvalue weighted by atomic mass is 10.1. The molecular weight excluding hydrogens is 214 g/mol. The molecule has 0 amide bonds. The molecule has 3 N–H and O–H groups in total. The van der Waals surface area contributed by atoms with E-state index in [1.807, 2.05) is 0 Å². The lowest BCUT2D eigenvalue weighted by Gasteiger charge is -2.00. The number of carboxylic acid groups (broad SMARTS) is 1. The maximum atomic E-state index is 10.8. The Hall–Kier alpha value is -2.50. The second-order valence-electron chi connectivity index (χ2n) is 3.08. The maximum Gasteiger partial charge on any atom is 0.341 e. The number of benzene rings is 1. The third-order valence-corrected chi connectivity index (χ3v) is 2.04. The number of phenolic OH excluding ortho intramolecular Hbond substituents is 2. The molecule has 0 fully saturated rings. The summed E-state index contributed by atoms with van der Waals surface area (Å²) in [5, 5.41) is 30.6. The van der Waals surface area contributed by atoms with Crippen LogP contribution in [0, 0.1) is 0 Å². The van der Waals surface area contributed by atoms with E-state index in [9.17, 15) is 9.90 Å². The van der Waals surface area contributed by atoms with Crippen molar-refractivity contribution in [2.24, 2.45) is 0 Å². The molecule has 1 aromatic heterocycles. The first-order valence-corrected chi connectivity index (χ1v) is 4.30. The second kappa shape index (κ2) is 3.58. The van der Waals surface area contributed by atoms with Gasteiger partial charge in [0.1, 0.15) is 5.56 Å². The normalized spacial score (nSPS) is 10.2. The molecule has 0 saturated carbocycles. The van der Waals surface area contributed by atoms with Gasteiger partial charge in [-0.2, -0.15) is 0 Å². The van der Waals surface area contributed by atoms with Crippen LogP contribution in [0.4, 0.5) is 0 Å². The molecule has 0 spiro atoms. The lowest BCUT2D eigenvalue weighted by molar-refractivity contribution is 0.0697. The Balaban J connectivity index is 2.54. The summed E-state index contributed by atoms with van der Waals surface area (Å²) < 4.78 is 4.78. The SMILES string of the molecule is O=C(O)c1cnoc1-c1ccc(O)c(O)c1. The summed E-state index contributed by atoms with van der Waals surface area (Å²) in [6, 6.07) is 3.85. The predicted octanol–water partition coefficient (Wildman–Crippen LogP) is 1.45. The van der Waals surface area contributed by atoms with E-state index >= 15 is 0 Å². The Kier molecular flexibility index (Phi) is 2.24. The molecule has 0 bridgehead atoms. The Morgan fingerprint density at radius 3 is 2.62 bits per heavy atom. The van der Waals surface area contributed by atoms with E-state index in [0.29, 0.717) is 5.56 Å². The molecule has 1 aromatic carbocycles. The van der Waals surface area contributed by atoms with Crippen molar-refractivity contribution in [2.45, 2.75) is 0 Å². The molecule has 6 heteroatoms. The third kappa shape index (κ3) is 1.56. The fourth-order valence-corrected chi connectivity index (χ4v) is 1.26. The van der Waals surface area contributed by atoms with Gasteiger partial charge < -0.3 is 19.8 Å². The quantitative estimate of drug-likeness (QED) is 0.663. The zero-order valence-corrected chi connectivity index (χ0v) is 7.91. The zero-order valence-electron chi connectivity index (χ0n) is 7.91. The van der Waals surface area contributed by atoms with Crippen LogP contribution in [-0.2, 0) is 0 Å². The molecule has 0 aliphatic carbocycles. The number of carbonyl (C=O) groups is 1. The van der Waals surface area contributed by atoms with Crippen molar-refractivity contribution in [1.29, 1.82) is 0 Å². The summed E-state index contributed by atoms with van der Waals surface area (Å²) in [4.78, 5) is 10.8. The average molecular weight is 221 g/mol. The van der Waals surface area contributed by atoms with E-state index in [0.717, 1.165) is 6.20 Å². The van der Waals surface area contributed by atoms with Crippen molar-refractivity contribution in [3.8, 4) is 22.8 Å². The number of hydrogen-bond acceptors (Lipinski definition) is 5. The molecule has 1 heterocycles. The van der Waals surface area contributed by atoms with Gasteiger partial charge in [-0.05, 0) is 18.2 Å². The minimum absolute atomic E-state index is 0.0304.